The van der Waals surface area contributed by atoms with E-state index in [1.54, 1.807) is 36.1 Å². The molecule has 27 heavy (non-hydrogen) atoms. The van der Waals surface area contributed by atoms with Crippen molar-refractivity contribution < 1.29 is 9.59 Å². The number of amides is 2. The molecule has 0 bridgehead atoms. The van der Waals surface area contributed by atoms with Crippen LogP contribution in [0.1, 0.15) is 22.8 Å². The maximum atomic E-state index is 12.7. The molecule has 0 saturated heterocycles. The molecular weight excluding hydrogens is 385 g/mol. The summed E-state index contributed by atoms with van der Waals surface area (Å²) in [5.41, 5.74) is 7.26. The standard InChI is InChI=1S/C20H24ClN3O2.ClH/c1-15(23-19(25)17-7-9-18(21)10-8-17)20(26)24(14-12-22)13-11-16-5-3-2-4-6-16;/h2-10,15H,11-14,22H2,1H3,(H,23,25);1H. The minimum atomic E-state index is -0.638. The lowest BCUT2D eigenvalue weighted by Crippen LogP contribution is -2.48. The third-order valence-corrected chi connectivity index (χ3v) is 4.30. The first-order valence-corrected chi connectivity index (χ1v) is 8.98. The summed E-state index contributed by atoms with van der Waals surface area (Å²) in [5, 5.41) is 3.29. The Labute approximate surface area is 171 Å². The lowest BCUT2D eigenvalue weighted by atomic mass is 10.1. The minimum Gasteiger partial charge on any atom is -0.341 e. The van der Waals surface area contributed by atoms with Gasteiger partial charge in [-0.15, -0.1) is 12.4 Å². The largest absolute Gasteiger partial charge is 0.341 e. The van der Waals surface area contributed by atoms with E-state index in [0.29, 0.717) is 30.2 Å². The quantitative estimate of drug-likeness (QED) is 0.703. The minimum absolute atomic E-state index is 0. The monoisotopic (exact) mass is 409 g/mol. The average molecular weight is 410 g/mol. The van der Waals surface area contributed by atoms with Gasteiger partial charge in [-0.1, -0.05) is 41.9 Å². The SMILES string of the molecule is CC(NC(=O)c1ccc(Cl)cc1)C(=O)N(CCN)CCc1ccccc1.Cl. The molecule has 3 N–H and O–H groups in total. The number of benzene rings is 2. The Morgan fingerprint density at radius 1 is 1.07 bits per heavy atom. The van der Waals surface area contributed by atoms with Crippen molar-refractivity contribution in [2.75, 3.05) is 19.6 Å². The van der Waals surface area contributed by atoms with Gasteiger partial charge in [0.1, 0.15) is 6.04 Å². The van der Waals surface area contributed by atoms with E-state index in [4.69, 9.17) is 17.3 Å². The van der Waals surface area contributed by atoms with Gasteiger partial charge in [0.25, 0.3) is 5.91 Å². The number of nitrogens with zero attached hydrogens (tertiary/aromatic N) is 1. The van der Waals surface area contributed by atoms with E-state index >= 15 is 0 Å². The van der Waals surface area contributed by atoms with E-state index < -0.39 is 6.04 Å². The van der Waals surface area contributed by atoms with Crippen LogP contribution in [0.3, 0.4) is 0 Å². The van der Waals surface area contributed by atoms with E-state index in [2.05, 4.69) is 5.32 Å². The molecule has 2 rings (SSSR count). The number of nitrogens with one attached hydrogen (secondary N) is 1. The number of nitrogens with two attached hydrogens (primary N) is 1. The van der Waals surface area contributed by atoms with Crippen LogP contribution in [0.25, 0.3) is 0 Å². The van der Waals surface area contributed by atoms with Gasteiger partial charge >= 0.3 is 0 Å². The van der Waals surface area contributed by atoms with Crippen LogP contribution in [0.2, 0.25) is 5.02 Å². The fourth-order valence-electron chi connectivity index (χ4n) is 2.61. The molecule has 2 aromatic rings. The van der Waals surface area contributed by atoms with Gasteiger partial charge in [0, 0.05) is 30.2 Å². The molecule has 146 valence electrons. The van der Waals surface area contributed by atoms with Gasteiger partial charge in [-0.05, 0) is 43.2 Å². The second kappa shape index (κ2) is 11.6. The van der Waals surface area contributed by atoms with Gasteiger partial charge in [0.15, 0.2) is 0 Å². The van der Waals surface area contributed by atoms with Crippen molar-refractivity contribution in [1.82, 2.24) is 10.2 Å². The van der Waals surface area contributed by atoms with Crippen molar-refractivity contribution in [3.05, 3.63) is 70.7 Å². The molecule has 5 nitrogen and oxygen atoms in total. The van der Waals surface area contributed by atoms with Crippen molar-refractivity contribution >= 4 is 35.8 Å². The van der Waals surface area contributed by atoms with Crippen LogP contribution < -0.4 is 11.1 Å². The van der Waals surface area contributed by atoms with Crippen molar-refractivity contribution in [1.29, 1.82) is 0 Å². The maximum absolute atomic E-state index is 12.7. The van der Waals surface area contributed by atoms with Gasteiger partial charge in [0.2, 0.25) is 5.91 Å². The van der Waals surface area contributed by atoms with E-state index in [9.17, 15) is 9.59 Å². The molecule has 0 fully saturated rings. The molecule has 7 heteroatoms. The zero-order valence-corrected chi connectivity index (χ0v) is 16.8. The van der Waals surface area contributed by atoms with Crippen molar-refractivity contribution in [3.8, 4) is 0 Å². The van der Waals surface area contributed by atoms with Gasteiger partial charge in [0.05, 0.1) is 0 Å². The second-order valence-corrected chi connectivity index (χ2v) is 6.49. The summed E-state index contributed by atoms with van der Waals surface area (Å²) in [7, 11) is 0. The van der Waals surface area contributed by atoms with Crippen molar-refractivity contribution in [2.24, 2.45) is 5.73 Å². The Bertz CT molecular complexity index is 724. The summed E-state index contributed by atoms with van der Waals surface area (Å²) in [6, 6.07) is 15.9. The first kappa shape index (κ1) is 23.0. The van der Waals surface area contributed by atoms with Gasteiger partial charge in [-0.3, -0.25) is 9.59 Å². The molecule has 2 aromatic carbocycles. The number of rotatable bonds is 8. The lowest BCUT2D eigenvalue weighted by molar-refractivity contribution is -0.132. The predicted octanol–water partition coefficient (Wildman–Crippen LogP) is 2.91. The molecule has 0 aliphatic carbocycles. The summed E-state index contributed by atoms with van der Waals surface area (Å²) in [6.07, 6.45) is 0.741. The molecule has 0 spiro atoms. The molecule has 0 aromatic heterocycles. The summed E-state index contributed by atoms with van der Waals surface area (Å²) in [5.74, 6) is -0.452. The highest BCUT2D eigenvalue weighted by Gasteiger charge is 2.22. The topological polar surface area (TPSA) is 75.4 Å². The fourth-order valence-corrected chi connectivity index (χ4v) is 2.74. The van der Waals surface area contributed by atoms with Crippen LogP contribution in [-0.2, 0) is 11.2 Å². The van der Waals surface area contributed by atoms with Crippen LogP contribution in [0, 0.1) is 0 Å². The third-order valence-electron chi connectivity index (χ3n) is 4.05. The molecule has 0 aliphatic rings. The fraction of sp³-hybridized carbons (Fsp3) is 0.300. The number of carbonyl (C=O) groups excluding carboxylic acids is 2. The van der Waals surface area contributed by atoms with E-state index in [1.165, 1.54) is 0 Å². The Hall–Kier alpha value is -2.08. The first-order valence-electron chi connectivity index (χ1n) is 8.60. The van der Waals surface area contributed by atoms with Crippen LogP contribution >= 0.6 is 24.0 Å². The highest BCUT2D eigenvalue weighted by atomic mass is 35.5. The summed E-state index contributed by atoms with van der Waals surface area (Å²) in [4.78, 5) is 26.7. The Balaban J connectivity index is 0.00000364. The molecule has 1 unspecified atom stereocenters. The number of carbonyl (C=O) groups is 2. The van der Waals surface area contributed by atoms with Crippen LogP contribution in [0.15, 0.2) is 54.6 Å². The highest BCUT2D eigenvalue weighted by Crippen LogP contribution is 2.10. The normalized spacial score (nSPS) is 11.2. The van der Waals surface area contributed by atoms with Gasteiger partial charge in [-0.2, -0.15) is 0 Å². The number of halogens is 2. The molecule has 0 aliphatic heterocycles. The first-order chi connectivity index (χ1) is 12.5. The van der Waals surface area contributed by atoms with Crippen molar-refractivity contribution in [3.63, 3.8) is 0 Å². The summed E-state index contributed by atoms with van der Waals surface area (Å²) < 4.78 is 0. The number of hydrogen-bond acceptors (Lipinski definition) is 3. The number of hydrogen-bond donors (Lipinski definition) is 2. The van der Waals surface area contributed by atoms with Gasteiger partial charge < -0.3 is 16.0 Å². The van der Waals surface area contributed by atoms with Crippen molar-refractivity contribution in [2.45, 2.75) is 19.4 Å². The summed E-state index contributed by atoms with van der Waals surface area (Å²) >= 11 is 5.83. The van der Waals surface area contributed by atoms with E-state index in [-0.39, 0.29) is 24.2 Å². The molecule has 0 radical (unpaired) electrons. The Morgan fingerprint density at radius 3 is 2.30 bits per heavy atom. The smallest absolute Gasteiger partial charge is 0.251 e. The highest BCUT2D eigenvalue weighted by molar-refractivity contribution is 6.30. The zero-order chi connectivity index (χ0) is 18.9. The lowest BCUT2D eigenvalue weighted by Gasteiger charge is -2.26. The second-order valence-electron chi connectivity index (χ2n) is 6.05. The van der Waals surface area contributed by atoms with Crippen LogP contribution in [0.5, 0.6) is 0 Å². The summed E-state index contributed by atoms with van der Waals surface area (Å²) in [6.45, 7) is 3.06. The molecule has 0 saturated carbocycles. The molecule has 1 atom stereocenters. The van der Waals surface area contributed by atoms with Crippen LogP contribution in [-0.4, -0.2) is 42.4 Å². The molecule has 0 heterocycles. The average Bonchev–Trinajstić information content (AvgIpc) is 2.65. The molecular formula is C20H25Cl2N3O2. The maximum Gasteiger partial charge on any atom is 0.251 e. The predicted molar refractivity (Wildman–Crippen MR) is 111 cm³/mol. The third kappa shape index (κ3) is 7.21. The Kier molecular flexibility index (Phi) is 9.86. The zero-order valence-electron chi connectivity index (χ0n) is 15.2. The van der Waals surface area contributed by atoms with E-state index in [1.807, 2.05) is 30.3 Å². The van der Waals surface area contributed by atoms with Crippen LogP contribution in [0.4, 0.5) is 0 Å². The van der Waals surface area contributed by atoms with Gasteiger partial charge in [-0.25, -0.2) is 0 Å². The Morgan fingerprint density at radius 2 is 1.70 bits per heavy atom. The molecule has 2 amide bonds. The van der Waals surface area contributed by atoms with E-state index in [0.717, 1.165) is 12.0 Å².